The Morgan fingerprint density at radius 1 is 1.24 bits per heavy atom. The summed E-state index contributed by atoms with van der Waals surface area (Å²) in [5, 5.41) is 4.82. The average molecular weight is 289 g/mol. The van der Waals surface area contributed by atoms with Crippen molar-refractivity contribution in [1.29, 1.82) is 0 Å². The number of aromatic nitrogens is 2. The van der Waals surface area contributed by atoms with E-state index in [1.165, 1.54) is 63.5 Å². The van der Waals surface area contributed by atoms with E-state index in [2.05, 4.69) is 23.9 Å². The molecule has 2 fully saturated rings. The summed E-state index contributed by atoms with van der Waals surface area (Å²) >= 11 is 0. The fourth-order valence-electron chi connectivity index (χ4n) is 4.32. The van der Waals surface area contributed by atoms with E-state index in [1.807, 2.05) is 0 Å². The molecule has 21 heavy (non-hydrogen) atoms. The molecule has 0 aromatic carbocycles. The molecular weight excluding hydrogens is 258 g/mol. The Labute approximate surface area is 129 Å². The van der Waals surface area contributed by atoms with Crippen LogP contribution in [0.1, 0.15) is 76.4 Å². The maximum atomic E-state index is 6.47. The first kappa shape index (κ1) is 15.1. The van der Waals surface area contributed by atoms with Gasteiger partial charge in [-0.2, -0.15) is 5.10 Å². The minimum atomic E-state index is 0.302. The number of hydrogen-bond donors (Lipinski definition) is 1. The van der Waals surface area contributed by atoms with Crippen molar-refractivity contribution in [3.8, 4) is 0 Å². The van der Waals surface area contributed by atoms with E-state index in [-0.39, 0.29) is 0 Å². The zero-order valence-electron chi connectivity index (χ0n) is 13.5. The Balaban J connectivity index is 1.54. The summed E-state index contributed by atoms with van der Waals surface area (Å²) in [5.41, 5.74) is 7.67. The third-order valence-electron chi connectivity index (χ3n) is 5.82. The highest BCUT2D eigenvalue weighted by Gasteiger charge is 2.28. The molecule has 2 aliphatic rings. The average Bonchev–Trinajstić information content (AvgIpc) is 3.17. The van der Waals surface area contributed by atoms with Gasteiger partial charge in [-0.15, -0.1) is 0 Å². The molecule has 118 valence electrons. The fraction of sp³-hybridized carbons (Fsp3) is 0.833. The summed E-state index contributed by atoms with van der Waals surface area (Å²) in [6.07, 6.45) is 15.2. The van der Waals surface area contributed by atoms with Crippen molar-refractivity contribution in [2.75, 3.05) is 0 Å². The zero-order chi connectivity index (χ0) is 14.7. The Morgan fingerprint density at radius 2 is 2.05 bits per heavy atom. The van der Waals surface area contributed by atoms with E-state index in [1.54, 1.807) is 0 Å². The standard InChI is InChI=1S/C18H31N3/c1-2-14-8-9-15(12-14)18(19)13-16-10-11-21(20-16)17-6-4-3-5-7-17/h10-11,14-15,17-18H,2-9,12-13,19H2,1H3. The number of nitrogens with zero attached hydrogens (tertiary/aromatic N) is 2. The minimum absolute atomic E-state index is 0.302. The largest absolute Gasteiger partial charge is 0.327 e. The van der Waals surface area contributed by atoms with Gasteiger partial charge in [-0.05, 0) is 43.6 Å². The predicted molar refractivity (Wildman–Crippen MR) is 87.2 cm³/mol. The lowest BCUT2D eigenvalue weighted by Gasteiger charge is -2.22. The van der Waals surface area contributed by atoms with Gasteiger partial charge in [0.2, 0.25) is 0 Å². The number of nitrogens with two attached hydrogens (primary N) is 1. The molecule has 0 amide bonds. The quantitative estimate of drug-likeness (QED) is 0.887. The fourth-order valence-corrected chi connectivity index (χ4v) is 4.32. The highest BCUT2D eigenvalue weighted by atomic mass is 15.3. The van der Waals surface area contributed by atoms with Crippen LogP contribution in [0.3, 0.4) is 0 Å². The third kappa shape index (κ3) is 3.68. The minimum Gasteiger partial charge on any atom is -0.327 e. The summed E-state index contributed by atoms with van der Waals surface area (Å²) in [6.45, 7) is 2.31. The van der Waals surface area contributed by atoms with Crippen molar-refractivity contribution in [3.05, 3.63) is 18.0 Å². The van der Waals surface area contributed by atoms with E-state index in [9.17, 15) is 0 Å². The van der Waals surface area contributed by atoms with E-state index in [4.69, 9.17) is 10.8 Å². The Bertz CT molecular complexity index is 433. The molecule has 3 rings (SSSR count). The Morgan fingerprint density at radius 3 is 2.76 bits per heavy atom. The number of hydrogen-bond acceptors (Lipinski definition) is 2. The molecule has 2 saturated carbocycles. The van der Waals surface area contributed by atoms with Crippen molar-refractivity contribution < 1.29 is 0 Å². The molecule has 0 radical (unpaired) electrons. The molecule has 3 nitrogen and oxygen atoms in total. The smallest absolute Gasteiger partial charge is 0.0640 e. The second-order valence-electron chi connectivity index (χ2n) is 7.29. The molecule has 1 aromatic rings. The SMILES string of the molecule is CCC1CCC(C(N)Cc2ccn(C3CCCCC3)n2)C1. The van der Waals surface area contributed by atoms with Gasteiger partial charge in [-0.3, -0.25) is 4.68 Å². The first-order valence-corrected chi connectivity index (χ1v) is 9.06. The van der Waals surface area contributed by atoms with Gasteiger partial charge in [-0.1, -0.05) is 39.0 Å². The van der Waals surface area contributed by atoms with Gasteiger partial charge in [0, 0.05) is 18.7 Å². The summed E-state index contributed by atoms with van der Waals surface area (Å²) in [5.74, 6) is 1.63. The monoisotopic (exact) mass is 289 g/mol. The molecule has 1 aromatic heterocycles. The van der Waals surface area contributed by atoms with Crippen LogP contribution in [0.25, 0.3) is 0 Å². The van der Waals surface area contributed by atoms with Crippen molar-refractivity contribution in [2.24, 2.45) is 17.6 Å². The van der Waals surface area contributed by atoms with Gasteiger partial charge in [-0.25, -0.2) is 0 Å². The maximum Gasteiger partial charge on any atom is 0.0640 e. The van der Waals surface area contributed by atoms with E-state index >= 15 is 0 Å². The van der Waals surface area contributed by atoms with Gasteiger partial charge in [0.05, 0.1) is 11.7 Å². The summed E-state index contributed by atoms with van der Waals surface area (Å²) in [6, 6.07) is 3.14. The lowest BCUT2D eigenvalue weighted by atomic mass is 9.93. The molecule has 1 heterocycles. The van der Waals surface area contributed by atoms with Gasteiger partial charge in [0.1, 0.15) is 0 Å². The van der Waals surface area contributed by atoms with Crippen LogP contribution < -0.4 is 5.73 Å². The van der Waals surface area contributed by atoms with Crippen molar-refractivity contribution >= 4 is 0 Å². The molecular formula is C18H31N3. The first-order valence-electron chi connectivity index (χ1n) is 9.06. The molecule has 3 unspecified atom stereocenters. The van der Waals surface area contributed by atoms with Crippen molar-refractivity contribution in [2.45, 2.75) is 83.2 Å². The summed E-state index contributed by atoms with van der Waals surface area (Å²) in [4.78, 5) is 0. The number of rotatable bonds is 5. The van der Waals surface area contributed by atoms with Crippen molar-refractivity contribution in [3.63, 3.8) is 0 Å². The van der Waals surface area contributed by atoms with Crippen molar-refractivity contribution in [1.82, 2.24) is 9.78 Å². The molecule has 2 aliphatic carbocycles. The second kappa shape index (κ2) is 6.95. The molecule has 2 N–H and O–H groups in total. The highest BCUT2D eigenvalue weighted by Crippen LogP contribution is 2.35. The lowest BCUT2D eigenvalue weighted by Crippen LogP contribution is -2.31. The zero-order valence-corrected chi connectivity index (χ0v) is 13.5. The normalized spacial score (nSPS) is 28.9. The van der Waals surface area contributed by atoms with Crippen LogP contribution in [0.15, 0.2) is 12.3 Å². The van der Waals surface area contributed by atoms with Gasteiger partial charge >= 0.3 is 0 Å². The van der Waals surface area contributed by atoms with E-state index < -0.39 is 0 Å². The van der Waals surface area contributed by atoms with Crippen LogP contribution in [0, 0.1) is 11.8 Å². The van der Waals surface area contributed by atoms with Crippen LogP contribution in [0.2, 0.25) is 0 Å². The Kier molecular flexibility index (Phi) is 4.99. The van der Waals surface area contributed by atoms with E-state index in [0.29, 0.717) is 12.1 Å². The molecule has 0 saturated heterocycles. The third-order valence-corrected chi connectivity index (χ3v) is 5.82. The molecule has 3 heteroatoms. The Hall–Kier alpha value is -0.830. The summed E-state index contributed by atoms with van der Waals surface area (Å²) in [7, 11) is 0. The molecule has 0 bridgehead atoms. The highest BCUT2D eigenvalue weighted by molar-refractivity contribution is 5.03. The molecule has 0 spiro atoms. The lowest BCUT2D eigenvalue weighted by molar-refractivity contribution is 0.326. The van der Waals surface area contributed by atoms with E-state index in [0.717, 1.165) is 18.3 Å². The first-order chi connectivity index (χ1) is 10.3. The van der Waals surface area contributed by atoms with Gasteiger partial charge in [0.15, 0.2) is 0 Å². The second-order valence-corrected chi connectivity index (χ2v) is 7.29. The van der Waals surface area contributed by atoms with Crippen LogP contribution in [-0.4, -0.2) is 15.8 Å². The van der Waals surface area contributed by atoms with Gasteiger partial charge < -0.3 is 5.73 Å². The van der Waals surface area contributed by atoms with Crippen LogP contribution in [0.5, 0.6) is 0 Å². The van der Waals surface area contributed by atoms with Crippen LogP contribution in [0.4, 0.5) is 0 Å². The maximum absolute atomic E-state index is 6.47. The molecule has 0 aliphatic heterocycles. The predicted octanol–water partition coefficient (Wildman–Crippen LogP) is 4.08. The van der Waals surface area contributed by atoms with Crippen LogP contribution >= 0.6 is 0 Å². The topological polar surface area (TPSA) is 43.8 Å². The summed E-state index contributed by atoms with van der Waals surface area (Å²) < 4.78 is 2.21. The van der Waals surface area contributed by atoms with Crippen LogP contribution in [-0.2, 0) is 6.42 Å². The van der Waals surface area contributed by atoms with Gasteiger partial charge in [0.25, 0.3) is 0 Å². The molecule has 3 atom stereocenters.